The van der Waals surface area contributed by atoms with Crippen LogP contribution in [0.4, 0.5) is 0 Å². The number of hydrogen-bond donors (Lipinski definition) is 2. The predicted octanol–water partition coefficient (Wildman–Crippen LogP) is 0.323. The minimum Gasteiger partial charge on any atom is -0.461 e. The Balaban J connectivity index is 2.24. The Morgan fingerprint density at radius 2 is 1.88 bits per heavy atom. The van der Waals surface area contributed by atoms with Crippen LogP contribution in [0.25, 0.3) is 0 Å². The number of carbonyl (C=O) groups is 2. The van der Waals surface area contributed by atoms with Crippen molar-refractivity contribution in [1.29, 1.82) is 0 Å². The first kappa shape index (κ1) is 13.2. The number of carbonyl (C=O) groups excluding carboxylic acids is 2. The van der Waals surface area contributed by atoms with Crippen molar-refractivity contribution >= 4 is 11.9 Å². The molecule has 4 N–H and O–H groups in total. The summed E-state index contributed by atoms with van der Waals surface area (Å²) >= 11 is 0. The monoisotopic (exact) mass is 236 g/mol. The van der Waals surface area contributed by atoms with Gasteiger partial charge in [-0.15, -0.1) is 0 Å². The van der Waals surface area contributed by atoms with E-state index in [4.69, 9.17) is 16.2 Å². The SMILES string of the molecule is NC(=O)C(N)CCC(=O)OCc1ccccc1. The molecule has 1 atom stereocenters. The Morgan fingerprint density at radius 1 is 1.24 bits per heavy atom. The number of nitrogens with two attached hydrogens (primary N) is 2. The topological polar surface area (TPSA) is 95.4 Å². The maximum atomic E-state index is 11.3. The van der Waals surface area contributed by atoms with Crippen molar-refractivity contribution in [3.63, 3.8) is 0 Å². The Kier molecular flexibility index (Phi) is 5.16. The highest BCUT2D eigenvalue weighted by Crippen LogP contribution is 2.03. The van der Waals surface area contributed by atoms with E-state index in [1.807, 2.05) is 30.3 Å². The van der Waals surface area contributed by atoms with E-state index >= 15 is 0 Å². The molecule has 0 fully saturated rings. The Bertz CT molecular complexity index is 379. The molecule has 17 heavy (non-hydrogen) atoms. The number of hydrogen-bond acceptors (Lipinski definition) is 4. The van der Waals surface area contributed by atoms with Gasteiger partial charge in [-0.2, -0.15) is 0 Å². The smallest absolute Gasteiger partial charge is 0.306 e. The fraction of sp³-hybridized carbons (Fsp3) is 0.333. The van der Waals surface area contributed by atoms with Crippen LogP contribution in [0.15, 0.2) is 30.3 Å². The van der Waals surface area contributed by atoms with Crippen LogP contribution in [0.5, 0.6) is 0 Å². The molecule has 0 saturated heterocycles. The summed E-state index contributed by atoms with van der Waals surface area (Å²) in [5, 5.41) is 0. The highest BCUT2D eigenvalue weighted by atomic mass is 16.5. The molecule has 0 aromatic heterocycles. The average molecular weight is 236 g/mol. The summed E-state index contributed by atoms with van der Waals surface area (Å²) in [6.07, 6.45) is 0.305. The van der Waals surface area contributed by atoms with Gasteiger partial charge in [0.1, 0.15) is 6.61 Å². The van der Waals surface area contributed by atoms with Crippen molar-refractivity contribution in [3.05, 3.63) is 35.9 Å². The van der Waals surface area contributed by atoms with Crippen LogP contribution >= 0.6 is 0 Å². The molecule has 0 aliphatic heterocycles. The Morgan fingerprint density at radius 3 is 2.47 bits per heavy atom. The lowest BCUT2D eigenvalue weighted by Gasteiger charge is -2.07. The van der Waals surface area contributed by atoms with Gasteiger partial charge in [-0.3, -0.25) is 9.59 Å². The van der Waals surface area contributed by atoms with Crippen LogP contribution in [0.1, 0.15) is 18.4 Å². The van der Waals surface area contributed by atoms with Crippen molar-refractivity contribution in [2.75, 3.05) is 0 Å². The van der Waals surface area contributed by atoms with Gasteiger partial charge in [0.05, 0.1) is 6.04 Å². The number of amides is 1. The highest BCUT2D eigenvalue weighted by Gasteiger charge is 2.12. The van der Waals surface area contributed by atoms with Crippen LogP contribution < -0.4 is 11.5 Å². The third-order valence-corrected chi connectivity index (χ3v) is 2.27. The second-order valence-corrected chi connectivity index (χ2v) is 3.69. The minimum atomic E-state index is -0.792. The third kappa shape index (κ3) is 5.12. The van der Waals surface area contributed by atoms with E-state index in [9.17, 15) is 9.59 Å². The number of esters is 1. The largest absolute Gasteiger partial charge is 0.461 e. The van der Waals surface area contributed by atoms with Gasteiger partial charge in [0.25, 0.3) is 0 Å². The molecule has 0 aliphatic rings. The maximum Gasteiger partial charge on any atom is 0.306 e. The Hall–Kier alpha value is -1.88. The normalized spacial score (nSPS) is 11.8. The second-order valence-electron chi connectivity index (χ2n) is 3.69. The van der Waals surface area contributed by atoms with Crippen LogP contribution in [0.3, 0.4) is 0 Å². The van der Waals surface area contributed by atoms with Gasteiger partial charge >= 0.3 is 5.97 Å². The van der Waals surface area contributed by atoms with E-state index in [0.29, 0.717) is 0 Å². The molecule has 92 valence electrons. The zero-order valence-electron chi connectivity index (χ0n) is 9.46. The van der Waals surface area contributed by atoms with Gasteiger partial charge in [0.15, 0.2) is 0 Å². The molecule has 1 unspecified atom stereocenters. The van der Waals surface area contributed by atoms with Gasteiger partial charge in [-0.25, -0.2) is 0 Å². The molecule has 1 aromatic carbocycles. The van der Waals surface area contributed by atoms with Crippen LogP contribution in [-0.4, -0.2) is 17.9 Å². The molecular formula is C12H16N2O3. The van der Waals surface area contributed by atoms with Crippen molar-refractivity contribution in [3.8, 4) is 0 Å². The van der Waals surface area contributed by atoms with Crippen LogP contribution in [0, 0.1) is 0 Å². The van der Waals surface area contributed by atoms with Crippen molar-refractivity contribution in [2.45, 2.75) is 25.5 Å². The lowest BCUT2D eigenvalue weighted by atomic mass is 10.1. The molecule has 0 heterocycles. The van der Waals surface area contributed by atoms with E-state index in [0.717, 1.165) is 5.56 Å². The van der Waals surface area contributed by atoms with E-state index < -0.39 is 11.9 Å². The maximum absolute atomic E-state index is 11.3. The second kappa shape index (κ2) is 6.65. The molecule has 0 spiro atoms. The zero-order valence-corrected chi connectivity index (χ0v) is 9.46. The molecule has 5 heteroatoms. The van der Waals surface area contributed by atoms with E-state index in [-0.39, 0.29) is 25.4 Å². The lowest BCUT2D eigenvalue weighted by Crippen LogP contribution is -2.36. The number of benzene rings is 1. The Labute approximate surface area is 99.7 Å². The highest BCUT2D eigenvalue weighted by molar-refractivity contribution is 5.80. The van der Waals surface area contributed by atoms with E-state index in [1.54, 1.807) is 0 Å². The van der Waals surface area contributed by atoms with Gasteiger partial charge in [0.2, 0.25) is 5.91 Å². The standard InChI is InChI=1S/C12H16N2O3/c13-10(12(14)16)6-7-11(15)17-8-9-4-2-1-3-5-9/h1-5,10H,6-8,13H2,(H2,14,16). The summed E-state index contributed by atoms with van der Waals surface area (Å²) in [4.78, 5) is 21.9. The first-order valence-electron chi connectivity index (χ1n) is 5.34. The quantitative estimate of drug-likeness (QED) is 0.695. The molecule has 0 bridgehead atoms. The number of primary amides is 1. The fourth-order valence-corrected chi connectivity index (χ4v) is 1.23. The summed E-state index contributed by atoms with van der Waals surface area (Å²) in [5.41, 5.74) is 11.3. The molecule has 0 aliphatic carbocycles. The molecule has 1 amide bonds. The fourth-order valence-electron chi connectivity index (χ4n) is 1.23. The average Bonchev–Trinajstić information content (AvgIpc) is 2.34. The summed E-state index contributed by atoms with van der Waals surface area (Å²) in [6, 6.07) is 8.56. The molecule has 1 rings (SSSR count). The van der Waals surface area contributed by atoms with Crippen molar-refractivity contribution in [1.82, 2.24) is 0 Å². The molecule has 0 radical (unpaired) electrons. The lowest BCUT2D eigenvalue weighted by molar-refractivity contribution is -0.145. The summed E-state index contributed by atoms with van der Waals surface area (Å²) in [7, 11) is 0. The predicted molar refractivity (Wildman–Crippen MR) is 62.6 cm³/mol. The van der Waals surface area contributed by atoms with Gasteiger partial charge in [-0.05, 0) is 12.0 Å². The van der Waals surface area contributed by atoms with Crippen molar-refractivity contribution in [2.24, 2.45) is 11.5 Å². The summed E-state index contributed by atoms with van der Waals surface area (Å²) in [6.45, 7) is 0.228. The number of ether oxygens (including phenoxy) is 1. The van der Waals surface area contributed by atoms with Crippen molar-refractivity contribution < 1.29 is 14.3 Å². The summed E-state index contributed by atoms with van der Waals surface area (Å²) < 4.78 is 5.01. The van der Waals surface area contributed by atoms with Gasteiger partial charge in [-0.1, -0.05) is 30.3 Å². The minimum absolute atomic E-state index is 0.0942. The summed E-state index contributed by atoms with van der Waals surface area (Å²) in [5.74, 6) is -0.994. The third-order valence-electron chi connectivity index (χ3n) is 2.27. The van der Waals surface area contributed by atoms with Gasteiger partial charge < -0.3 is 16.2 Å². The molecule has 5 nitrogen and oxygen atoms in total. The van der Waals surface area contributed by atoms with E-state index in [1.165, 1.54) is 0 Å². The van der Waals surface area contributed by atoms with E-state index in [2.05, 4.69) is 0 Å². The zero-order chi connectivity index (χ0) is 12.7. The molecule has 1 aromatic rings. The first-order valence-corrected chi connectivity index (χ1v) is 5.34. The number of rotatable bonds is 6. The first-order chi connectivity index (χ1) is 8.09. The molecular weight excluding hydrogens is 220 g/mol. The van der Waals surface area contributed by atoms with Crippen LogP contribution in [-0.2, 0) is 20.9 Å². The molecule has 0 saturated carbocycles. The van der Waals surface area contributed by atoms with Crippen LogP contribution in [0.2, 0.25) is 0 Å². The van der Waals surface area contributed by atoms with Gasteiger partial charge in [0, 0.05) is 6.42 Å².